The van der Waals surface area contributed by atoms with Crippen LogP contribution >= 0.6 is 0 Å². The van der Waals surface area contributed by atoms with Crippen LogP contribution in [0.3, 0.4) is 0 Å². The molecule has 2 N–H and O–H groups in total. The summed E-state index contributed by atoms with van der Waals surface area (Å²) in [6.07, 6.45) is 4.78. The molecule has 2 rings (SSSR count). The summed E-state index contributed by atoms with van der Waals surface area (Å²) in [6.45, 7) is 7.24. The van der Waals surface area contributed by atoms with E-state index in [2.05, 4.69) is 24.1 Å². The van der Waals surface area contributed by atoms with Gasteiger partial charge in [-0.15, -0.1) is 0 Å². The van der Waals surface area contributed by atoms with E-state index in [-0.39, 0.29) is 5.54 Å². The number of rotatable bonds is 4. The van der Waals surface area contributed by atoms with Gasteiger partial charge in [0, 0.05) is 17.6 Å². The minimum Gasteiger partial charge on any atom is -0.394 e. The first-order valence-corrected chi connectivity index (χ1v) is 6.32. The molecule has 1 aliphatic heterocycles. The average Bonchev–Trinajstić information content (AvgIpc) is 2.99. The predicted octanol–water partition coefficient (Wildman–Crippen LogP) is 0.974. The van der Waals surface area contributed by atoms with E-state index in [0.29, 0.717) is 18.7 Å². The fraction of sp³-hybridized carbons (Fsp3) is 1.00. The molecule has 1 saturated carbocycles. The molecule has 1 saturated heterocycles. The van der Waals surface area contributed by atoms with Crippen LogP contribution in [0.1, 0.15) is 39.5 Å². The number of nitrogens with one attached hydrogen (secondary N) is 1. The summed E-state index contributed by atoms with van der Waals surface area (Å²) in [5.41, 5.74) is 0.110. The van der Waals surface area contributed by atoms with E-state index >= 15 is 0 Å². The molecule has 0 aromatic rings. The Hall–Kier alpha value is -0.120. The Balaban J connectivity index is 1.81. The molecule has 3 heteroatoms. The highest BCUT2D eigenvalue weighted by atomic mass is 16.3. The Kier molecular flexibility index (Phi) is 3.33. The van der Waals surface area contributed by atoms with E-state index in [0.717, 1.165) is 12.8 Å². The zero-order chi connectivity index (χ0) is 10.9. The van der Waals surface area contributed by atoms with Crippen LogP contribution in [0, 0.1) is 0 Å². The van der Waals surface area contributed by atoms with Crippen molar-refractivity contribution >= 4 is 0 Å². The third-order valence-electron chi connectivity index (χ3n) is 4.09. The van der Waals surface area contributed by atoms with Gasteiger partial charge < -0.3 is 15.3 Å². The maximum Gasteiger partial charge on any atom is 0.0613 e. The Bertz CT molecular complexity index is 216. The van der Waals surface area contributed by atoms with Gasteiger partial charge in [0.25, 0.3) is 0 Å². The van der Waals surface area contributed by atoms with Crippen molar-refractivity contribution in [2.45, 2.75) is 57.2 Å². The molecule has 0 spiro atoms. The Labute approximate surface area is 92.8 Å². The normalized spacial score (nSPS) is 35.4. The Morgan fingerprint density at radius 3 is 2.67 bits per heavy atom. The second-order valence-electron chi connectivity index (χ2n) is 5.28. The van der Waals surface area contributed by atoms with E-state index in [1.807, 2.05) is 0 Å². The van der Waals surface area contributed by atoms with Crippen LogP contribution in [0.4, 0.5) is 0 Å². The Morgan fingerprint density at radius 1 is 1.47 bits per heavy atom. The van der Waals surface area contributed by atoms with Gasteiger partial charge in [-0.1, -0.05) is 6.92 Å². The zero-order valence-electron chi connectivity index (χ0n) is 10.00. The number of aliphatic hydroxyl groups is 1. The summed E-state index contributed by atoms with van der Waals surface area (Å²) in [4.78, 5) is 2.54. The molecule has 0 bridgehead atoms. The smallest absolute Gasteiger partial charge is 0.0613 e. The molecule has 88 valence electrons. The molecule has 15 heavy (non-hydrogen) atoms. The van der Waals surface area contributed by atoms with Gasteiger partial charge in [0.1, 0.15) is 0 Å². The van der Waals surface area contributed by atoms with Crippen molar-refractivity contribution in [2.75, 3.05) is 19.7 Å². The second kappa shape index (κ2) is 4.40. The van der Waals surface area contributed by atoms with Gasteiger partial charge >= 0.3 is 0 Å². The van der Waals surface area contributed by atoms with Gasteiger partial charge in [0.2, 0.25) is 0 Å². The molecule has 0 aromatic heterocycles. The van der Waals surface area contributed by atoms with Gasteiger partial charge in [-0.2, -0.15) is 0 Å². The molecule has 0 aromatic carbocycles. The topological polar surface area (TPSA) is 35.5 Å². The predicted molar refractivity (Wildman–Crippen MR) is 61.9 cm³/mol. The molecule has 2 fully saturated rings. The minimum atomic E-state index is 0.110. The van der Waals surface area contributed by atoms with Crippen LogP contribution in [0.2, 0.25) is 0 Å². The summed E-state index contributed by atoms with van der Waals surface area (Å²) in [5, 5.41) is 12.9. The standard InChI is InChI=1S/C12H24N2O/c1-3-14-7-4-11(8-10(14)2)13-12(9-15)5-6-12/h10-11,13,15H,3-9H2,1-2H3. The van der Waals surface area contributed by atoms with Crippen molar-refractivity contribution in [1.29, 1.82) is 0 Å². The van der Waals surface area contributed by atoms with Crippen LogP contribution in [0.15, 0.2) is 0 Å². The first-order chi connectivity index (χ1) is 7.19. The lowest BCUT2D eigenvalue weighted by molar-refractivity contribution is 0.125. The summed E-state index contributed by atoms with van der Waals surface area (Å²) < 4.78 is 0. The van der Waals surface area contributed by atoms with Crippen LogP contribution in [-0.2, 0) is 0 Å². The molecule has 0 radical (unpaired) electrons. The summed E-state index contributed by atoms with van der Waals surface area (Å²) >= 11 is 0. The fourth-order valence-corrected chi connectivity index (χ4v) is 2.75. The van der Waals surface area contributed by atoms with E-state index in [9.17, 15) is 5.11 Å². The van der Waals surface area contributed by atoms with Crippen LogP contribution in [-0.4, -0.2) is 47.3 Å². The van der Waals surface area contributed by atoms with Crippen molar-refractivity contribution in [1.82, 2.24) is 10.2 Å². The minimum absolute atomic E-state index is 0.110. The summed E-state index contributed by atoms with van der Waals surface area (Å²) in [5.74, 6) is 0. The lowest BCUT2D eigenvalue weighted by Gasteiger charge is -2.38. The van der Waals surface area contributed by atoms with E-state index in [4.69, 9.17) is 0 Å². The first-order valence-electron chi connectivity index (χ1n) is 6.32. The Morgan fingerprint density at radius 2 is 2.20 bits per heavy atom. The van der Waals surface area contributed by atoms with E-state index in [1.165, 1.54) is 25.9 Å². The largest absolute Gasteiger partial charge is 0.394 e. The molecule has 1 heterocycles. The maximum absolute atomic E-state index is 9.28. The number of nitrogens with zero attached hydrogens (tertiary/aromatic N) is 1. The van der Waals surface area contributed by atoms with Crippen molar-refractivity contribution in [3.8, 4) is 0 Å². The average molecular weight is 212 g/mol. The highest BCUT2D eigenvalue weighted by Gasteiger charge is 2.43. The molecule has 2 unspecified atom stereocenters. The highest BCUT2D eigenvalue weighted by molar-refractivity contribution is 5.04. The molecule has 0 amide bonds. The third-order valence-corrected chi connectivity index (χ3v) is 4.09. The van der Waals surface area contributed by atoms with Gasteiger partial charge in [-0.05, 0) is 45.7 Å². The first kappa shape index (κ1) is 11.4. The molecule has 2 atom stereocenters. The van der Waals surface area contributed by atoms with E-state index in [1.54, 1.807) is 0 Å². The van der Waals surface area contributed by atoms with Crippen LogP contribution in [0.5, 0.6) is 0 Å². The number of piperidine rings is 1. The van der Waals surface area contributed by atoms with Gasteiger partial charge in [-0.3, -0.25) is 0 Å². The number of likely N-dealkylation sites (tertiary alicyclic amines) is 1. The van der Waals surface area contributed by atoms with Gasteiger partial charge in [0.05, 0.1) is 6.61 Å². The fourth-order valence-electron chi connectivity index (χ4n) is 2.75. The monoisotopic (exact) mass is 212 g/mol. The quantitative estimate of drug-likeness (QED) is 0.729. The number of hydrogen-bond acceptors (Lipinski definition) is 3. The number of aliphatic hydroxyl groups excluding tert-OH is 1. The van der Waals surface area contributed by atoms with Crippen molar-refractivity contribution in [2.24, 2.45) is 0 Å². The summed E-state index contributed by atoms with van der Waals surface area (Å²) in [7, 11) is 0. The molecule has 2 aliphatic rings. The van der Waals surface area contributed by atoms with Gasteiger partial charge in [0.15, 0.2) is 0 Å². The zero-order valence-corrected chi connectivity index (χ0v) is 10.00. The van der Waals surface area contributed by atoms with Crippen LogP contribution in [0.25, 0.3) is 0 Å². The highest BCUT2D eigenvalue weighted by Crippen LogP contribution is 2.36. The number of hydrogen-bond donors (Lipinski definition) is 2. The third kappa shape index (κ3) is 2.52. The van der Waals surface area contributed by atoms with Crippen molar-refractivity contribution in [3.63, 3.8) is 0 Å². The van der Waals surface area contributed by atoms with Crippen LogP contribution < -0.4 is 5.32 Å². The molecular formula is C12H24N2O. The van der Waals surface area contributed by atoms with E-state index < -0.39 is 0 Å². The second-order valence-corrected chi connectivity index (χ2v) is 5.28. The lowest BCUT2D eigenvalue weighted by Crippen LogP contribution is -2.51. The van der Waals surface area contributed by atoms with Gasteiger partial charge in [-0.25, -0.2) is 0 Å². The molecular weight excluding hydrogens is 188 g/mol. The summed E-state index contributed by atoms with van der Waals surface area (Å²) in [6, 6.07) is 1.31. The lowest BCUT2D eigenvalue weighted by atomic mass is 9.97. The SMILES string of the molecule is CCN1CCC(NC2(CO)CC2)CC1C. The van der Waals surface area contributed by atoms with Crippen molar-refractivity contribution in [3.05, 3.63) is 0 Å². The maximum atomic E-state index is 9.28. The molecule has 1 aliphatic carbocycles. The molecule has 3 nitrogen and oxygen atoms in total. The van der Waals surface area contributed by atoms with Crippen molar-refractivity contribution < 1.29 is 5.11 Å².